The predicted octanol–water partition coefficient (Wildman–Crippen LogP) is 3.84. The standard InChI is InChI=1S/C12H12Cl3NO/c13-6-7-16(8-4-5-8)12(17)11-9(14)2-1-3-10(11)15/h1-3,8H,4-7H2. The summed E-state index contributed by atoms with van der Waals surface area (Å²) in [7, 11) is 0. The van der Waals surface area contributed by atoms with Crippen molar-refractivity contribution in [3.63, 3.8) is 0 Å². The van der Waals surface area contributed by atoms with Gasteiger partial charge in [-0.3, -0.25) is 4.79 Å². The molecule has 2 nitrogen and oxygen atoms in total. The molecule has 92 valence electrons. The normalized spacial score (nSPS) is 14.8. The number of hydrogen-bond donors (Lipinski definition) is 0. The SMILES string of the molecule is O=C(c1c(Cl)cccc1Cl)N(CCCl)C1CC1. The molecule has 17 heavy (non-hydrogen) atoms. The molecule has 0 N–H and O–H groups in total. The fourth-order valence-corrected chi connectivity index (χ4v) is 2.51. The molecule has 0 aliphatic heterocycles. The number of carbonyl (C=O) groups excluding carboxylic acids is 1. The van der Waals surface area contributed by atoms with E-state index in [4.69, 9.17) is 34.8 Å². The smallest absolute Gasteiger partial charge is 0.257 e. The quantitative estimate of drug-likeness (QED) is 0.772. The van der Waals surface area contributed by atoms with Crippen LogP contribution < -0.4 is 0 Å². The van der Waals surface area contributed by atoms with Crippen LogP contribution in [0.15, 0.2) is 18.2 Å². The highest BCUT2D eigenvalue weighted by atomic mass is 35.5. The first-order valence-electron chi connectivity index (χ1n) is 5.46. The molecule has 0 saturated heterocycles. The average molecular weight is 293 g/mol. The van der Waals surface area contributed by atoms with E-state index >= 15 is 0 Å². The Morgan fingerprint density at radius 3 is 2.35 bits per heavy atom. The fraction of sp³-hybridized carbons (Fsp3) is 0.417. The Labute approximate surface area is 115 Å². The third-order valence-electron chi connectivity index (χ3n) is 2.75. The van der Waals surface area contributed by atoms with E-state index in [2.05, 4.69) is 0 Å². The molecule has 5 heteroatoms. The molecule has 0 unspecified atom stereocenters. The molecule has 0 atom stereocenters. The summed E-state index contributed by atoms with van der Waals surface area (Å²) in [6.45, 7) is 0.534. The van der Waals surface area contributed by atoms with E-state index in [1.165, 1.54) is 0 Å². The molecular formula is C12H12Cl3NO. The second-order valence-corrected chi connectivity index (χ2v) is 5.21. The lowest BCUT2D eigenvalue weighted by Gasteiger charge is -2.22. The van der Waals surface area contributed by atoms with Gasteiger partial charge in [-0.15, -0.1) is 11.6 Å². The molecular weight excluding hydrogens is 280 g/mol. The van der Waals surface area contributed by atoms with Gasteiger partial charge in [-0.1, -0.05) is 29.3 Å². The Balaban J connectivity index is 2.28. The van der Waals surface area contributed by atoms with Crippen LogP contribution in [0.4, 0.5) is 0 Å². The topological polar surface area (TPSA) is 20.3 Å². The second kappa shape index (κ2) is 5.47. The van der Waals surface area contributed by atoms with Crippen molar-refractivity contribution in [3.8, 4) is 0 Å². The van der Waals surface area contributed by atoms with Gasteiger partial charge in [0.2, 0.25) is 0 Å². The van der Waals surface area contributed by atoms with Crippen LogP contribution in [0.2, 0.25) is 10.0 Å². The zero-order chi connectivity index (χ0) is 12.4. The van der Waals surface area contributed by atoms with Crippen molar-refractivity contribution < 1.29 is 4.79 Å². The van der Waals surface area contributed by atoms with Gasteiger partial charge >= 0.3 is 0 Å². The zero-order valence-electron chi connectivity index (χ0n) is 9.13. The maximum absolute atomic E-state index is 12.4. The summed E-state index contributed by atoms with van der Waals surface area (Å²) in [6, 6.07) is 5.37. The minimum atomic E-state index is -0.122. The number of amides is 1. The second-order valence-electron chi connectivity index (χ2n) is 4.02. The lowest BCUT2D eigenvalue weighted by Crippen LogP contribution is -2.35. The summed E-state index contributed by atoms with van der Waals surface area (Å²) >= 11 is 17.8. The first-order valence-corrected chi connectivity index (χ1v) is 6.75. The maximum atomic E-state index is 12.4. The molecule has 1 aromatic rings. The van der Waals surface area contributed by atoms with Crippen molar-refractivity contribution >= 4 is 40.7 Å². The van der Waals surface area contributed by atoms with E-state index in [-0.39, 0.29) is 5.91 Å². The highest BCUT2D eigenvalue weighted by Gasteiger charge is 2.33. The van der Waals surface area contributed by atoms with Crippen molar-refractivity contribution in [2.24, 2.45) is 0 Å². The number of hydrogen-bond acceptors (Lipinski definition) is 1. The number of nitrogens with zero attached hydrogens (tertiary/aromatic N) is 1. The predicted molar refractivity (Wildman–Crippen MR) is 71.2 cm³/mol. The van der Waals surface area contributed by atoms with Gasteiger partial charge < -0.3 is 4.90 Å². The monoisotopic (exact) mass is 291 g/mol. The minimum Gasteiger partial charge on any atom is -0.334 e. The van der Waals surface area contributed by atoms with Gasteiger partial charge in [0.25, 0.3) is 5.91 Å². The van der Waals surface area contributed by atoms with Crippen molar-refractivity contribution in [2.75, 3.05) is 12.4 Å². The Morgan fingerprint density at radius 2 is 1.88 bits per heavy atom. The lowest BCUT2D eigenvalue weighted by molar-refractivity contribution is 0.0754. The number of rotatable bonds is 4. The molecule has 0 bridgehead atoms. The van der Waals surface area contributed by atoms with Gasteiger partial charge in [0, 0.05) is 18.5 Å². The van der Waals surface area contributed by atoms with Crippen molar-refractivity contribution in [1.29, 1.82) is 0 Å². The van der Waals surface area contributed by atoms with E-state index in [1.807, 2.05) is 0 Å². The molecule has 0 heterocycles. The fourth-order valence-electron chi connectivity index (χ4n) is 1.77. The van der Waals surface area contributed by atoms with Crippen LogP contribution in [0.25, 0.3) is 0 Å². The molecule has 1 aliphatic rings. The van der Waals surface area contributed by atoms with Gasteiger partial charge in [-0.05, 0) is 25.0 Å². The molecule has 0 radical (unpaired) electrons. The lowest BCUT2D eigenvalue weighted by atomic mass is 10.2. The molecule has 1 fully saturated rings. The van der Waals surface area contributed by atoms with E-state index in [1.54, 1.807) is 23.1 Å². The van der Waals surface area contributed by atoms with E-state index in [9.17, 15) is 4.79 Å². The van der Waals surface area contributed by atoms with E-state index in [0.717, 1.165) is 12.8 Å². The molecule has 1 aliphatic carbocycles. The minimum absolute atomic E-state index is 0.122. The largest absolute Gasteiger partial charge is 0.334 e. The van der Waals surface area contributed by atoms with Crippen LogP contribution in [0.1, 0.15) is 23.2 Å². The molecule has 1 saturated carbocycles. The zero-order valence-corrected chi connectivity index (χ0v) is 11.4. The summed E-state index contributed by atoms with van der Waals surface area (Å²) in [5, 5.41) is 0.783. The highest BCUT2D eigenvalue weighted by molar-refractivity contribution is 6.39. The number of carbonyl (C=O) groups is 1. The van der Waals surface area contributed by atoms with Crippen LogP contribution in [0.5, 0.6) is 0 Å². The average Bonchev–Trinajstić information content (AvgIpc) is 3.09. The van der Waals surface area contributed by atoms with Gasteiger partial charge in [0.15, 0.2) is 0 Å². The number of alkyl halides is 1. The Morgan fingerprint density at radius 1 is 1.29 bits per heavy atom. The first-order chi connectivity index (χ1) is 8.15. The van der Waals surface area contributed by atoms with Gasteiger partial charge in [-0.25, -0.2) is 0 Å². The summed E-state index contributed by atoms with van der Waals surface area (Å²) in [5.74, 6) is 0.299. The number of benzene rings is 1. The third kappa shape index (κ3) is 2.87. The van der Waals surface area contributed by atoms with E-state index < -0.39 is 0 Å². The van der Waals surface area contributed by atoms with E-state index in [0.29, 0.717) is 34.1 Å². The summed E-state index contributed by atoms with van der Waals surface area (Å²) in [4.78, 5) is 14.1. The van der Waals surface area contributed by atoms with Crippen molar-refractivity contribution in [1.82, 2.24) is 4.90 Å². The molecule has 2 rings (SSSR count). The van der Waals surface area contributed by atoms with Gasteiger partial charge in [0.1, 0.15) is 0 Å². The van der Waals surface area contributed by atoms with Crippen molar-refractivity contribution in [2.45, 2.75) is 18.9 Å². The Hall–Kier alpha value is -0.440. The third-order valence-corrected chi connectivity index (χ3v) is 3.55. The summed E-state index contributed by atoms with van der Waals surface area (Å²) < 4.78 is 0. The maximum Gasteiger partial charge on any atom is 0.257 e. The molecule has 0 aromatic heterocycles. The number of halogens is 3. The summed E-state index contributed by atoms with van der Waals surface area (Å²) in [5.41, 5.74) is 0.382. The summed E-state index contributed by atoms with van der Waals surface area (Å²) in [6.07, 6.45) is 2.06. The molecule has 0 spiro atoms. The van der Waals surface area contributed by atoms with Crippen LogP contribution >= 0.6 is 34.8 Å². The Bertz CT molecular complexity index is 412. The van der Waals surface area contributed by atoms with Gasteiger partial charge in [-0.2, -0.15) is 0 Å². The highest BCUT2D eigenvalue weighted by Crippen LogP contribution is 2.32. The van der Waals surface area contributed by atoms with Gasteiger partial charge in [0.05, 0.1) is 15.6 Å². The van der Waals surface area contributed by atoms with Crippen LogP contribution in [-0.4, -0.2) is 29.3 Å². The van der Waals surface area contributed by atoms with Crippen molar-refractivity contribution in [3.05, 3.63) is 33.8 Å². The molecule has 1 amide bonds. The Kier molecular flexibility index (Phi) is 4.18. The van der Waals surface area contributed by atoms with Crippen LogP contribution in [-0.2, 0) is 0 Å². The first kappa shape index (κ1) is 13.0. The molecule has 1 aromatic carbocycles. The van der Waals surface area contributed by atoms with Crippen LogP contribution in [0.3, 0.4) is 0 Å². The van der Waals surface area contributed by atoms with Crippen LogP contribution in [0, 0.1) is 0 Å².